The van der Waals surface area contributed by atoms with E-state index in [1.165, 1.54) is 11.1 Å². The molecule has 0 radical (unpaired) electrons. The number of rotatable bonds is 3. The summed E-state index contributed by atoms with van der Waals surface area (Å²) in [4.78, 5) is 0. The molecule has 0 aromatic heterocycles. The molecule has 3 heteroatoms. The summed E-state index contributed by atoms with van der Waals surface area (Å²) in [6.45, 7) is 0. The Kier molecular flexibility index (Phi) is 12.5. The van der Waals surface area contributed by atoms with Crippen LogP contribution in [0.15, 0.2) is 133 Å². The average Bonchev–Trinajstić information content (AvgIpc) is 3.57. The fourth-order valence-electron chi connectivity index (χ4n) is 2.85. The van der Waals surface area contributed by atoms with Crippen molar-refractivity contribution >= 4 is 0 Å². The van der Waals surface area contributed by atoms with Crippen LogP contribution in [0.3, 0.4) is 0 Å². The van der Waals surface area contributed by atoms with Gasteiger partial charge in [-0.15, -0.1) is 5.56 Å². The van der Waals surface area contributed by atoms with E-state index >= 15 is 0 Å². The predicted molar refractivity (Wildman–Crippen MR) is 118 cm³/mol. The molecule has 0 aliphatic carbocycles. The third kappa shape index (κ3) is 8.16. The minimum atomic E-state index is -0.490. The van der Waals surface area contributed by atoms with Crippen molar-refractivity contribution in [3.63, 3.8) is 0 Å². The summed E-state index contributed by atoms with van der Waals surface area (Å²) in [6, 6.07) is 44.1. The van der Waals surface area contributed by atoms with Crippen molar-refractivity contribution < 1.29 is 39.2 Å². The third-order valence-electron chi connectivity index (χ3n) is 4.33. The van der Waals surface area contributed by atoms with Gasteiger partial charge in [-0.2, -0.15) is 30.3 Å². The Morgan fingerprint density at radius 3 is 1.70 bits per heavy atom. The summed E-state index contributed by atoms with van der Waals surface area (Å²) in [6.07, 6.45) is -0.490. The van der Waals surface area contributed by atoms with E-state index in [0.29, 0.717) is 0 Å². The Balaban J connectivity index is 0.000000236. The van der Waals surface area contributed by atoms with Gasteiger partial charge in [0, 0.05) is 34.1 Å². The summed E-state index contributed by atoms with van der Waals surface area (Å²) in [7, 11) is 0. The van der Waals surface area contributed by atoms with Crippen molar-refractivity contribution in [2.45, 2.75) is 6.10 Å². The van der Waals surface area contributed by atoms with Gasteiger partial charge in [-0.1, -0.05) is 30.3 Å². The maximum Gasteiger partial charge on any atom is 0.0602 e. The van der Waals surface area contributed by atoms with Gasteiger partial charge in [0.1, 0.15) is 0 Å². The van der Waals surface area contributed by atoms with Crippen LogP contribution >= 0.6 is 0 Å². The van der Waals surface area contributed by atoms with E-state index in [1.807, 2.05) is 84.9 Å². The van der Waals surface area contributed by atoms with Gasteiger partial charge in [0.05, 0.1) is 6.10 Å². The zero-order valence-electron chi connectivity index (χ0n) is 16.4. The van der Waals surface area contributed by atoms with Gasteiger partial charge in [0.2, 0.25) is 0 Å². The largest absolute Gasteiger partial charge is 0.565 e. The SMILES string of the molecule is OC(c1ccccc1)[c-]1cccc1.[Fe].[Fe].c1cc[c-](-[c-]2[cH-][cH-][cH-][cH-]2)c1.c1cc[cH-]c1. The number of hydrogen-bond donors (Lipinski definition) is 1. The fourth-order valence-corrected chi connectivity index (χ4v) is 2.85. The first-order valence-corrected chi connectivity index (χ1v) is 9.39. The molecule has 0 heterocycles. The number of aliphatic hydroxyl groups is 1. The fraction of sp³-hybridized carbons (Fsp3) is 0.0370. The van der Waals surface area contributed by atoms with E-state index in [4.69, 9.17) is 0 Å². The Bertz CT molecular complexity index is 900. The van der Waals surface area contributed by atoms with Gasteiger partial charge in [-0.05, 0) is 5.56 Å². The number of benzene rings is 1. The minimum Gasteiger partial charge on any atom is -0.565 e. The van der Waals surface area contributed by atoms with Crippen LogP contribution in [0.1, 0.15) is 17.2 Å². The van der Waals surface area contributed by atoms with Gasteiger partial charge >= 0.3 is 0 Å². The molecule has 0 aliphatic heterocycles. The van der Waals surface area contributed by atoms with E-state index < -0.39 is 6.10 Å². The van der Waals surface area contributed by atoms with Crippen LogP contribution < -0.4 is 0 Å². The molecule has 5 rings (SSSR count). The summed E-state index contributed by atoms with van der Waals surface area (Å²) in [5.41, 5.74) is 4.51. The molecule has 0 fully saturated rings. The molecule has 162 valence electrons. The zero-order valence-corrected chi connectivity index (χ0v) is 18.6. The molecule has 1 nitrogen and oxygen atoms in total. The standard InChI is InChI=1S/C12H11O.C10H8.C5H5.2Fe/c13-12(11-8-4-5-9-11)10-6-2-1-3-7-10;1-2-6-9(5-1)10-7-3-4-8-10;1-2-4-5-3-1;;/h1-9,12-13H;1-8H;1-5H;;/q-1;-6;-1;;. The van der Waals surface area contributed by atoms with Crippen molar-refractivity contribution in [3.05, 3.63) is 145 Å². The number of aliphatic hydroxyl groups excluding tert-OH is 1. The van der Waals surface area contributed by atoms with Crippen LogP contribution in [0, 0.1) is 0 Å². The normalized spacial score (nSPS) is 10.2. The summed E-state index contributed by atoms with van der Waals surface area (Å²) >= 11 is 0. The van der Waals surface area contributed by atoms with Crippen LogP contribution in [-0.4, -0.2) is 5.11 Å². The molecule has 1 unspecified atom stereocenters. The summed E-state index contributed by atoms with van der Waals surface area (Å²) < 4.78 is 0. The molecule has 0 amide bonds. The topological polar surface area (TPSA) is 20.2 Å². The van der Waals surface area contributed by atoms with Gasteiger partial charge < -0.3 is 64.8 Å². The van der Waals surface area contributed by atoms with Crippen molar-refractivity contribution in [2.24, 2.45) is 0 Å². The van der Waals surface area contributed by atoms with Crippen LogP contribution in [0.2, 0.25) is 0 Å². The van der Waals surface area contributed by atoms with Crippen molar-refractivity contribution in [3.8, 4) is 11.1 Å². The minimum absolute atomic E-state index is 0. The molecular weight excluding hydrogens is 452 g/mol. The maximum absolute atomic E-state index is 9.88. The van der Waals surface area contributed by atoms with E-state index in [1.54, 1.807) is 0 Å². The Morgan fingerprint density at radius 2 is 1.20 bits per heavy atom. The van der Waals surface area contributed by atoms with E-state index in [-0.39, 0.29) is 34.1 Å². The summed E-state index contributed by atoms with van der Waals surface area (Å²) in [5.74, 6) is 0. The predicted octanol–water partition coefficient (Wildman–Crippen LogP) is 6.68. The van der Waals surface area contributed by atoms with Crippen molar-refractivity contribution in [2.75, 3.05) is 0 Å². The quantitative estimate of drug-likeness (QED) is 0.228. The first-order valence-electron chi connectivity index (χ1n) is 9.39. The van der Waals surface area contributed by atoms with E-state index in [9.17, 15) is 5.11 Å². The first-order chi connectivity index (χ1) is 13.8. The Hall–Kier alpha value is -2.38. The molecule has 5 aromatic carbocycles. The van der Waals surface area contributed by atoms with Crippen LogP contribution in [0.4, 0.5) is 0 Å². The Labute approximate surface area is 200 Å². The molecule has 0 spiro atoms. The van der Waals surface area contributed by atoms with Gasteiger partial charge in [0.25, 0.3) is 0 Å². The van der Waals surface area contributed by atoms with Crippen LogP contribution in [0.5, 0.6) is 0 Å². The molecular formula is C27H24Fe2O-8. The first kappa shape index (κ1) is 25.7. The second kappa shape index (κ2) is 14.6. The monoisotopic (exact) mass is 476 g/mol. The molecule has 1 atom stereocenters. The molecule has 30 heavy (non-hydrogen) atoms. The zero-order chi connectivity index (χ0) is 19.4. The van der Waals surface area contributed by atoms with Crippen molar-refractivity contribution in [1.82, 2.24) is 0 Å². The molecule has 1 N–H and O–H groups in total. The van der Waals surface area contributed by atoms with Crippen LogP contribution in [0.25, 0.3) is 11.1 Å². The van der Waals surface area contributed by atoms with Gasteiger partial charge in [0.15, 0.2) is 0 Å². The number of hydrogen-bond acceptors (Lipinski definition) is 1. The Morgan fingerprint density at radius 1 is 0.667 bits per heavy atom. The average molecular weight is 476 g/mol. The molecule has 0 saturated carbocycles. The second-order valence-electron chi connectivity index (χ2n) is 6.34. The van der Waals surface area contributed by atoms with Crippen LogP contribution in [-0.2, 0) is 34.1 Å². The maximum atomic E-state index is 9.88. The molecule has 0 saturated heterocycles. The molecule has 5 aromatic rings. The van der Waals surface area contributed by atoms with E-state index in [0.717, 1.165) is 11.1 Å². The molecule has 0 aliphatic rings. The smallest absolute Gasteiger partial charge is 0.0602 e. The van der Waals surface area contributed by atoms with E-state index in [2.05, 4.69) is 48.5 Å². The molecule has 0 bridgehead atoms. The van der Waals surface area contributed by atoms with Gasteiger partial charge in [-0.25, -0.2) is 24.3 Å². The second-order valence-corrected chi connectivity index (χ2v) is 6.34. The van der Waals surface area contributed by atoms with Crippen molar-refractivity contribution in [1.29, 1.82) is 0 Å². The summed E-state index contributed by atoms with van der Waals surface area (Å²) in [5, 5.41) is 9.88. The third-order valence-corrected chi connectivity index (χ3v) is 4.33. The van der Waals surface area contributed by atoms with Gasteiger partial charge in [-0.3, -0.25) is 0 Å².